The van der Waals surface area contributed by atoms with E-state index in [1.807, 2.05) is 13.0 Å². The topological polar surface area (TPSA) is 69.7 Å². The van der Waals surface area contributed by atoms with Crippen molar-refractivity contribution in [3.63, 3.8) is 0 Å². The summed E-state index contributed by atoms with van der Waals surface area (Å²) in [5.74, 6) is -0.283. The normalized spacial score (nSPS) is 15.9. The van der Waals surface area contributed by atoms with Crippen LogP contribution in [-0.4, -0.2) is 51.9 Å². The summed E-state index contributed by atoms with van der Waals surface area (Å²) in [6.07, 6.45) is 1.75. The van der Waals surface area contributed by atoms with Crippen LogP contribution in [0.4, 0.5) is 5.69 Å². The molecule has 0 bridgehead atoms. The van der Waals surface area contributed by atoms with E-state index in [9.17, 15) is 13.2 Å². The molecule has 0 atom stereocenters. The summed E-state index contributed by atoms with van der Waals surface area (Å²) < 4.78 is 27.7. The van der Waals surface area contributed by atoms with E-state index < -0.39 is 10.0 Å². The van der Waals surface area contributed by atoms with Crippen LogP contribution in [-0.2, 0) is 14.8 Å². The van der Waals surface area contributed by atoms with Crippen LogP contribution in [0, 0.1) is 6.92 Å². The van der Waals surface area contributed by atoms with Gasteiger partial charge in [-0.25, -0.2) is 8.42 Å². The van der Waals surface area contributed by atoms with Gasteiger partial charge in [-0.15, -0.1) is 0 Å². The Morgan fingerprint density at radius 3 is 2.29 bits per heavy atom. The third-order valence-corrected chi connectivity index (χ3v) is 6.81. The van der Waals surface area contributed by atoms with E-state index in [4.69, 9.17) is 0 Å². The average molecular weight is 402 g/mol. The Hall–Kier alpha value is -2.38. The second kappa shape index (κ2) is 8.75. The van der Waals surface area contributed by atoms with Gasteiger partial charge in [-0.1, -0.05) is 35.9 Å². The number of rotatable bonds is 6. The fraction of sp³-hybridized carbons (Fsp3) is 0.381. The van der Waals surface area contributed by atoms with Crippen molar-refractivity contribution < 1.29 is 13.2 Å². The lowest BCUT2D eigenvalue weighted by atomic mass is 10.1. The monoisotopic (exact) mass is 401 g/mol. The number of aryl methyl sites for hydroxylation is 1. The fourth-order valence-corrected chi connectivity index (χ4v) is 4.72. The maximum Gasteiger partial charge on any atom is 0.264 e. The number of amides is 1. The Labute approximate surface area is 167 Å². The zero-order valence-corrected chi connectivity index (χ0v) is 17.2. The molecule has 0 aromatic heterocycles. The summed E-state index contributed by atoms with van der Waals surface area (Å²) >= 11 is 0. The van der Waals surface area contributed by atoms with E-state index >= 15 is 0 Å². The molecule has 1 saturated heterocycles. The highest BCUT2D eigenvalue weighted by molar-refractivity contribution is 7.92. The third kappa shape index (κ3) is 4.91. The van der Waals surface area contributed by atoms with Crippen LogP contribution in [0.15, 0.2) is 59.5 Å². The van der Waals surface area contributed by atoms with Gasteiger partial charge in [0.2, 0.25) is 5.91 Å². The number of benzene rings is 2. The zero-order valence-electron chi connectivity index (χ0n) is 16.3. The van der Waals surface area contributed by atoms with Gasteiger partial charge in [0.05, 0.1) is 10.6 Å². The molecule has 28 heavy (non-hydrogen) atoms. The Kier molecular flexibility index (Phi) is 6.36. The first-order valence-electron chi connectivity index (χ1n) is 9.48. The van der Waals surface area contributed by atoms with E-state index in [1.54, 1.807) is 48.5 Å². The van der Waals surface area contributed by atoms with Crippen molar-refractivity contribution in [2.45, 2.75) is 30.7 Å². The SMILES string of the molecule is Cc1ccc(S(=O)(=O)N(CC(=O)NC2CCN(C)CC2)c2ccccc2)cc1. The molecule has 1 heterocycles. The lowest BCUT2D eigenvalue weighted by molar-refractivity contribution is -0.120. The molecule has 0 spiro atoms. The van der Waals surface area contributed by atoms with Crippen LogP contribution >= 0.6 is 0 Å². The second-order valence-corrected chi connectivity index (χ2v) is 9.17. The Morgan fingerprint density at radius 2 is 1.68 bits per heavy atom. The summed E-state index contributed by atoms with van der Waals surface area (Å²) in [5, 5.41) is 3.00. The van der Waals surface area contributed by atoms with Crippen LogP contribution in [0.25, 0.3) is 0 Å². The number of likely N-dealkylation sites (tertiary alicyclic amines) is 1. The van der Waals surface area contributed by atoms with Gasteiger partial charge in [-0.3, -0.25) is 9.10 Å². The molecular weight excluding hydrogens is 374 g/mol. The molecule has 0 radical (unpaired) electrons. The third-order valence-electron chi connectivity index (χ3n) is 5.02. The van der Waals surface area contributed by atoms with Crippen molar-refractivity contribution in [1.82, 2.24) is 10.2 Å². The molecule has 6 nitrogen and oxygen atoms in total. The molecule has 2 aromatic carbocycles. The van der Waals surface area contributed by atoms with Crippen LogP contribution in [0.3, 0.4) is 0 Å². The van der Waals surface area contributed by atoms with Gasteiger partial charge < -0.3 is 10.2 Å². The molecule has 150 valence electrons. The molecule has 1 N–H and O–H groups in total. The largest absolute Gasteiger partial charge is 0.352 e. The average Bonchev–Trinajstić information content (AvgIpc) is 2.69. The lowest BCUT2D eigenvalue weighted by Gasteiger charge is -2.30. The first-order chi connectivity index (χ1) is 13.4. The highest BCUT2D eigenvalue weighted by Crippen LogP contribution is 2.23. The Morgan fingerprint density at radius 1 is 1.07 bits per heavy atom. The van der Waals surface area contributed by atoms with Gasteiger partial charge >= 0.3 is 0 Å². The quantitative estimate of drug-likeness (QED) is 0.807. The van der Waals surface area contributed by atoms with Crippen molar-refractivity contribution in [1.29, 1.82) is 0 Å². The summed E-state index contributed by atoms with van der Waals surface area (Å²) in [4.78, 5) is 15.1. The fourth-order valence-electron chi connectivity index (χ4n) is 3.30. The molecule has 3 rings (SSSR count). The molecular formula is C21H27N3O3S. The smallest absolute Gasteiger partial charge is 0.264 e. The molecule has 1 aliphatic heterocycles. The molecule has 0 aliphatic carbocycles. The van der Waals surface area contributed by atoms with Crippen molar-refractivity contribution in [2.24, 2.45) is 0 Å². The maximum atomic E-state index is 13.3. The molecule has 1 amide bonds. The molecule has 2 aromatic rings. The number of hydrogen-bond donors (Lipinski definition) is 1. The molecule has 0 unspecified atom stereocenters. The van der Waals surface area contributed by atoms with Gasteiger partial charge in [-0.2, -0.15) is 0 Å². The lowest BCUT2D eigenvalue weighted by Crippen LogP contribution is -2.47. The number of sulfonamides is 1. The first kappa shape index (κ1) is 20.4. The molecule has 1 fully saturated rings. The van der Waals surface area contributed by atoms with Crippen molar-refractivity contribution in [2.75, 3.05) is 31.0 Å². The van der Waals surface area contributed by atoms with Gasteiger partial charge in [0.15, 0.2) is 0 Å². The minimum Gasteiger partial charge on any atom is -0.352 e. The van der Waals surface area contributed by atoms with Gasteiger partial charge in [0.25, 0.3) is 10.0 Å². The minimum absolute atomic E-state index is 0.0865. The van der Waals surface area contributed by atoms with Crippen LogP contribution in [0.2, 0.25) is 0 Å². The van der Waals surface area contributed by atoms with E-state index in [0.29, 0.717) is 5.69 Å². The maximum absolute atomic E-state index is 13.3. The van der Waals surface area contributed by atoms with Gasteiger partial charge in [0, 0.05) is 6.04 Å². The predicted octanol–water partition coefficient (Wildman–Crippen LogP) is 2.40. The standard InChI is InChI=1S/C21H27N3O3S/c1-17-8-10-20(11-9-17)28(26,27)24(19-6-4-3-5-7-19)16-21(25)22-18-12-14-23(2)15-13-18/h3-11,18H,12-16H2,1-2H3,(H,22,25). The van der Waals surface area contributed by atoms with E-state index in [2.05, 4.69) is 17.3 Å². The van der Waals surface area contributed by atoms with Crippen molar-refractivity contribution in [3.8, 4) is 0 Å². The first-order valence-corrected chi connectivity index (χ1v) is 10.9. The van der Waals surface area contributed by atoms with Crippen LogP contribution in [0.1, 0.15) is 18.4 Å². The number of nitrogens with zero attached hydrogens (tertiary/aromatic N) is 2. The van der Waals surface area contributed by atoms with Crippen molar-refractivity contribution >= 4 is 21.6 Å². The van der Waals surface area contributed by atoms with E-state index in [0.717, 1.165) is 31.5 Å². The second-order valence-electron chi connectivity index (χ2n) is 7.31. The van der Waals surface area contributed by atoms with E-state index in [1.165, 1.54) is 4.31 Å². The number of nitrogens with one attached hydrogen (secondary N) is 1. The molecule has 7 heteroatoms. The number of carbonyl (C=O) groups is 1. The van der Waals surface area contributed by atoms with Crippen LogP contribution < -0.4 is 9.62 Å². The van der Waals surface area contributed by atoms with E-state index in [-0.39, 0.29) is 23.4 Å². The molecule has 1 aliphatic rings. The van der Waals surface area contributed by atoms with Crippen molar-refractivity contribution in [3.05, 3.63) is 60.2 Å². The number of anilines is 1. The number of carbonyl (C=O) groups excluding carboxylic acids is 1. The number of hydrogen-bond acceptors (Lipinski definition) is 4. The summed E-state index contributed by atoms with van der Waals surface area (Å²) in [5.41, 5.74) is 1.45. The summed E-state index contributed by atoms with van der Waals surface area (Å²) in [7, 11) is -1.79. The van der Waals surface area contributed by atoms with Crippen LogP contribution in [0.5, 0.6) is 0 Å². The summed E-state index contributed by atoms with van der Waals surface area (Å²) in [6, 6.07) is 15.5. The minimum atomic E-state index is -3.85. The Bertz CT molecular complexity index is 890. The highest BCUT2D eigenvalue weighted by atomic mass is 32.2. The zero-order chi connectivity index (χ0) is 20.1. The van der Waals surface area contributed by atoms with Gasteiger partial charge in [0.1, 0.15) is 6.54 Å². The molecule has 0 saturated carbocycles. The number of para-hydroxylation sites is 1. The Balaban J connectivity index is 1.81. The number of piperidine rings is 1. The predicted molar refractivity (Wildman–Crippen MR) is 111 cm³/mol. The summed E-state index contributed by atoms with van der Waals surface area (Å²) in [6.45, 7) is 3.51. The highest BCUT2D eigenvalue weighted by Gasteiger charge is 2.28. The van der Waals surface area contributed by atoms with Gasteiger partial charge in [-0.05, 0) is 64.2 Å².